The number of hydrogen-bond donors (Lipinski definition) is 2. The summed E-state index contributed by atoms with van der Waals surface area (Å²) in [6, 6.07) is 26.5. The summed E-state index contributed by atoms with van der Waals surface area (Å²) in [7, 11) is 0. The second kappa shape index (κ2) is 10.9. The van der Waals surface area contributed by atoms with Crippen molar-refractivity contribution < 1.29 is 9.59 Å². The second-order valence-corrected chi connectivity index (χ2v) is 11.0. The highest BCUT2D eigenvalue weighted by atomic mass is 127. The SMILES string of the molecule is C#Cc1ccc(C(=O)c2ccc(C(c3ccc(C(=O)c4ccc(I)cc4)[nH]3)c3c(C)cc(C)cc3C)[nH]2)cc1. The molecule has 0 aliphatic heterocycles. The van der Waals surface area contributed by atoms with Gasteiger partial charge in [-0.25, -0.2) is 0 Å². The van der Waals surface area contributed by atoms with Crippen molar-refractivity contribution in [1.29, 1.82) is 0 Å². The van der Waals surface area contributed by atoms with E-state index < -0.39 is 0 Å². The summed E-state index contributed by atoms with van der Waals surface area (Å²) in [6.45, 7) is 6.29. The number of aryl methyl sites for hydroxylation is 3. The van der Waals surface area contributed by atoms with Crippen LogP contribution in [0.25, 0.3) is 0 Å². The highest BCUT2D eigenvalue weighted by Gasteiger charge is 2.26. The summed E-state index contributed by atoms with van der Waals surface area (Å²) in [6.07, 6.45) is 5.46. The standard InChI is InChI=1S/C34H27IN2O2/c1-5-23-6-8-24(9-7-23)33(38)29-16-14-27(36-29)32(31-21(3)18-20(2)19-22(31)4)28-15-17-30(37-28)34(39)25-10-12-26(35)13-11-25/h1,6-19,32,36-37H,2-4H3. The lowest BCUT2D eigenvalue weighted by Crippen LogP contribution is -2.11. The number of aromatic nitrogens is 2. The summed E-state index contributed by atoms with van der Waals surface area (Å²) < 4.78 is 1.07. The lowest BCUT2D eigenvalue weighted by atomic mass is 9.85. The monoisotopic (exact) mass is 622 g/mol. The Hall–Kier alpha value is -4.15. The van der Waals surface area contributed by atoms with Gasteiger partial charge in [0.2, 0.25) is 11.6 Å². The fourth-order valence-corrected chi connectivity index (χ4v) is 5.54. The van der Waals surface area contributed by atoms with Crippen molar-refractivity contribution in [2.75, 3.05) is 0 Å². The second-order valence-electron chi connectivity index (χ2n) is 9.79. The molecule has 0 amide bonds. The van der Waals surface area contributed by atoms with Crippen molar-refractivity contribution in [2.45, 2.75) is 26.7 Å². The molecule has 192 valence electrons. The molecule has 0 radical (unpaired) electrons. The highest BCUT2D eigenvalue weighted by molar-refractivity contribution is 14.1. The van der Waals surface area contributed by atoms with Gasteiger partial charge >= 0.3 is 0 Å². The molecule has 5 rings (SSSR count). The minimum Gasteiger partial charge on any atom is -0.355 e. The van der Waals surface area contributed by atoms with Crippen LogP contribution in [0.5, 0.6) is 0 Å². The molecule has 0 aliphatic rings. The molecule has 0 bridgehead atoms. The number of carbonyl (C=O) groups is 2. The maximum atomic E-state index is 13.3. The summed E-state index contributed by atoms with van der Waals surface area (Å²) in [5.74, 6) is 2.18. The molecule has 0 fully saturated rings. The first-order valence-electron chi connectivity index (χ1n) is 12.6. The van der Waals surface area contributed by atoms with Gasteiger partial charge in [-0.15, -0.1) is 6.42 Å². The van der Waals surface area contributed by atoms with Gasteiger partial charge in [-0.05, 0) is 133 Å². The lowest BCUT2D eigenvalue weighted by Gasteiger charge is -2.21. The third-order valence-electron chi connectivity index (χ3n) is 6.98. The maximum Gasteiger partial charge on any atom is 0.209 e. The Kier molecular flexibility index (Phi) is 7.40. The zero-order chi connectivity index (χ0) is 27.7. The lowest BCUT2D eigenvalue weighted by molar-refractivity contribution is 0.102. The van der Waals surface area contributed by atoms with Gasteiger partial charge in [-0.2, -0.15) is 0 Å². The van der Waals surface area contributed by atoms with Gasteiger partial charge in [0.1, 0.15) is 0 Å². The van der Waals surface area contributed by atoms with Crippen LogP contribution in [0.2, 0.25) is 0 Å². The van der Waals surface area contributed by atoms with Gasteiger partial charge in [-0.1, -0.05) is 23.6 Å². The number of ketones is 2. The van der Waals surface area contributed by atoms with Crippen LogP contribution in [0.3, 0.4) is 0 Å². The van der Waals surface area contributed by atoms with Gasteiger partial charge in [0.25, 0.3) is 0 Å². The maximum absolute atomic E-state index is 13.3. The number of carbonyl (C=O) groups excluding carboxylic acids is 2. The Morgan fingerprint density at radius 3 is 1.64 bits per heavy atom. The van der Waals surface area contributed by atoms with Crippen molar-refractivity contribution in [1.82, 2.24) is 9.97 Å². The number of terminal acetylenes is 1. The van der Waals surface area contributed by atoms with Crippen LogP contribution in [-0.2, 0) is 0 Å². The third-order valence-corrected chi connectivity index (χ3v) is 7.69. The van der Waals surface area contributed by atoms with Crippen molar-refractivity contribution in [3.05, 3.63) is 150 Å². The van der Waals surface area contributed by atoms with Crippen LogP contribution in [-0.4, -0.2) is 21.5 Å². The minimum absolute atomic E-state index is 0.0634. The summed E-state index contributed by atoms with van der Waals surface area (Å²) >= 11 is 2.23. The smallest absolute Gasteiger partial charge is 0.209 e. The predicted octanol–water partition coefficient (Wildman–Crippen LogP) is 7.50. The molecule has 1 unspecified atom stereocenters. The van der Waals surface area contributed by atoms with Crippen LogP contribution in [0.15, 0.2) is 84.9 Å². The fourth-order valence-electron chi connectivity index (χ4n) is 5.18. The molecular weight excluding hydrogens is 595 g/mol. The minimum atomic E-state index is -0.228. The first kappa shape index (κ1) is 26.5. The van der Waals surface area contributed by atoms with E-state index in [-0.39, 0.29) is 17.5 Å². The normalized spacial score (nSPS) is 11.7. The Morgan fingerprint density at radius 2 is 1.18 bits per heavy atom. The van der Waals surface area contributed by atoms with Crippen LogP contribution in [0.4, 0.5) is 0 Å². The summed E-state index contributed by atoms with van der Waals surface area (Å²) in [4.78, 5) is 33.3. The van der Waals surface area contributed by atoms with E-state index in [1.54, 1.807) is 24.3 Å². The molecule has 5 heteroatoms. The van der Waals surface area contributed by atoms with Crippen molar-refractivity contribution in [3.63, 3.8) is 0 Å². The zero-order valence-corrected chi connectivity index (χ0v) is 24.1. The van der Waals surface area contributed by atoms with E-state index in [1.165, 1.54) is 5.56 Å². The first-order chi connectivity index (χ1) is 18.7. The summed E-state index contributed by atoms with van der Waals surface area (Å²) in [5.41, 5.74) is 9.28. The topological polar surface area (TPSA) is 65.7 Å². The molecule has 0 spiro atoms. The molecule has 2 N–H and O–H groups in total. The van der Waals surface area contributed by atoms with Gasteiger partial charge < -0.3 is 9.97 Å². The van der Waals surface area contributed by atoms with Gasteiger partial charge in [0.15, 0.2) is 0 Å². The number of nitrogens with one attached hydrogen (secondary N) is 2. The number of H-pyrrole nitrogens is 2. The van der Waals surface area contributed by atoms with Crippen molar-refractivity contribution in [2.24, 2.45) is 0 Å². The van der Waals surface area contributed by atoms with E-state index in [2.05, 4.69) is 71.4 Å². The molecule has 3 aromatic carbocycles. The fraction of sp³-hybridized carbons (Fsp3) is 0.118. The van der Waals surface area contributed by atoms with Crippen LogP contribution < -0.4 is 0 Å². The molecule has 0 aliphatic carbocycles. The number of hydrogen-bond acceptors (Lipinski definition) is 2. The highest BCUT2D eigenvalue weighted by Crippen LogP contribution is 2.36. The number of halogens is 1. The zero-order valence-electron chi connectivity index (χ0n) is 21.9. The first-order valence-corrected chi connectivity index (χ1v) is 13.7. The molecule has 2 heterocycles. The van der Waals surface area contributed by atoms with Crippen LogP contribution >= 0.6 is 22.6 Å². The average molecular weight is 623 g/mol. The van der Waals surface area contributed by atoms with E-state index in [1.807, 2.05) is 48.5 Å². The molecule has 39 heavy (non-hydrogen) atoms. The molecule has 0 saturated carbocycles. The van der Waals surface area contributed by atoms with E-state index in [9.17, 15) is 9.59 Å². The molecule has 5 aromatic rings. The number of benzene rings is 3. The third kappa shape index (κ3) is 5.39. The summed E-state index contributed by atoms with van der Waals surface area (Å²) in [5, 5.41) is 0. The molecule has 4 nitrogen and oxygen atoms in total. The van der Waals surface area contributed by atoms with Crippen molar-refractivity contribution in [3.8, 4) is 12.3 Å². The quantitative estimate of drug-likeness (QED) is 0.112. The average Bonchev–Trinajstić information content (AvgIpc) is 3.61. The van der Waals surface area contributed by atoms with E-state index in [4.69, 9.17) is 6.42 Å². The molecular formula is C34H27IN2O2. The van der Waals surface area contributed by atoms with E-state index in [0.29, 0.717) is 22.5 Å². The van der Waals surface area contributed by atoms with Crippen LogP contribution in [0, 0.1) is 36.7 Å². The number of aromatic amines is 2. The van der Waals surface area contributed by atoms with E-state index in [0.717, 1.165) is 37.2 Å². The molecule has 2 aromatic heterocycles. The Bertz CT molecular complexity index is 1710. The molecule has 0 saturated heterocycles. The van der Waals surface area contributed by atoms with Gasteiger partial charge in [-0.3, -0.25) is 9.59 Å². The van der Waals surface area contributed by atoms with Gasteiger partial charge in [0.05, 0.1) is 17.3 Å². The Labute approximate surface area is 242 Å². The largest absolute Gasteiger partial charge is 0.355 e. The Balaban J connectivity index is 1.56. The predicted molar refractivity (Wildman–Crippen MR) is 164 cm³/mol. The molecule has 1 atom stereocenters. The van der Waals surface area contributed by atoms with Crippen LogP contribution in [0.1, 0.15) is 77.2 Å². The van der Waals surface area contributed by atoms with E-state index >= 15 is 0 Å². The Morgan fingerprint density at radius 1 is 0.718 bits per heavy atom. The van der Waals surface area contributed by atoms with Crippen molar-refractivity contribution >= 4 is 34.2 Å². The van der Waals surface area contributed by atoms with Gasteiger partial charge in [0, 0.05) is 31.6 Å². The number of rotatable bonds is 7.